The Hall–Kier alpha value is -2.70. The summed E-state index contributed by atoms with van der Waals surface area (Å²) in [5.41, 5.74) is 1.68. The molecule has 128 valence electrons. The quantitative estimate of drug-likeness (QED) is 0.844. The molecule has 1 amide bonds. The second kappa shape index (κ2) is 7.72. The summed E-state index contributed by atoms with van der Waals surface area (Å²) in [5, 5.41) is 5.83. The Morgan fingerprint density at radius 3 is 2.33 bits per heavy atom. The minimum atomic E-state index is -0.0934. The lowest BCUT2D eigenvalue weighted by Crippen LogP contribution is -2.18. The summed E-state index contributed by atoms with van der Waals surface area (Å²) in [6, 6.07) is 7.42. The SMILES string of the molecule is CNC(=O)c1ccc(CNc2nc(C(C)C)nc(N(C)C)n2)cc1. The maximum Gasteiger partial charge on any atom is 0.251 e. The van der Waals surface area contributed by atoms with Crippen molar-refractivity contribution in [3.8, 4) is 0 Å². The number of hydrogen-bond donors (Lipinski definition) is 2. The van der Waals surface area contributed by atoms with Gasteiger partial charge in [-0.05, 0) is 17.7 Å². The Kier molecular flexibility index (Phi) is 5.68. The highest BCUT2D eigenvalue weighted by Gasteiger charge is 2.11. The van der Waals surface area contributed by atoms with E-state index in [2.05, 4.69) is 39.4 Å². The molecule has 7 heteroatoms. The van der Waals surface area contributed by atoms with E-state index in [9.17, 15) is 4.79 Å². The number of benzene rings is 1. The summed E-state index contributed by atoms with van der Waals surface area (Å²) in [6.45, 7) is 4.68. The smallest absolute Gasteiger partial charge is 0.251 e. The average Bonchev–Trinajstić information content (AvgIpc) is 2.59. The van der Waals surface area contributed by atoms with Gasteiger partial charge >= 0.3 is 0 Å². The van der Waals surface area contributed by atoms with Crippen LogP contribution in [-0.2, 0) is 6.54 Å². The standard InChI is InChI=1S/C17H24N6O/c1-11(2)14-20-16(22-17(21-14)23(4)5)19-10-12-6-8-13(9-7-12)15(24)18-3/h6-9,11H,10H2,1-5H3,(H,18,24)(H,19,20,21,22). The number of carbonyl (C=O) groups is 1. The summed E-state index contributed by atoms with van der Waals surface area (Å²) in [5.74, 6) is 2.06. The highest BCUT2D eigenvalue weighted by atomic mass is 16.1. The highest BCUT2D eigenvalue weighted by molar-refractivity contribution is 5.93. The zero-order valence-corrected chi connectivity index (χ0v) is 14.8. The Morgan fingerprint density at radius 1 is 1.12 bits per heavy atom. The molecule has 1 aromatic heterocycles. The first-order valence-electron chi connectivity index (χ1n) is 7.89. The molecule has 0 atom stereocenters. The Morgan fingerprint density at radius 2 is 1.79 bits per heavy atom. The molecule has 0 saturated heterocycles. The van der Waals surface area contributed by atoms with Crippen LogP contribution in [0.25, 0.3) is 0 Å². The van der Waals surface area contributed by atoms with Crippen molar-refractivity contribution in [1.29, 1.82) is 0 Å². The normalized spacial score (nSPS) is 10.6. The van der Waals surface area contributed by atoms with Gasteiger partial charge in [-0.25, -0.2) is 0 Å². The molecule has 0 fully saturated rings. The molecule has 2 rings (SSSR count). The average molecular weight is 328 g/mol. The van der Waals surface area contributed by atoms with Gasteiger partial charge in [0.25, 0.3) is 5.91 Å². The fourth-order valence-electron chi connectivity index (χ4n) is 2.02. The van der Waals surface area contributed by atoms with Gasteiger partial charge in [0.2, 0.25) is 11.9 Å². The van der Waals surface area contributed by atoms with Crippen LogP contribution in [0.5, 0.6) is 0 Å². The molecule has 0 aliphatic rings. The second-order valence-electron chi connectivity index (χ2n) is 6.00. The van der Waals surface area contributed by atoms with Gasteiger partial charge in [0, 0.05) is 39.2 Å². The lowest BCUT2D eigenvalue weighted by Gasteiger charge is -2.14. The van der Waals surface area contributed by atoms with Crippen molar-refractivity contribution in [2.75, 3.05) is 31.4 Å². The second-order valence-corrected chi connectivity index (χ2v) is 6.00. The first-order chi connectivity index (χ1) is 11.4. The summed E-state index contributed by atoms with van der Waals surface area (Å²) >= 11 is 0. The molecule has 2 N–H and O–H groups in total. The summed E-state index contributed by atoms with van der Waals surface area (Å²) in [4.78, 5) is 26.7. The van der Waals surface area contributed by atoms with E-state index in [1.165, 1.54) is 0 Å². The Labute approximate surface area is 142 Å². The van der Waals surface area contributed by atoms with Crippen LogP contribution < -0.4 is 15.5 Å². The maximum atomic E-state index is 11.5. The number of hydrogen-bond acceptors (Lipinski definition) is 6. The highest BCUT2D eigenvalue weighted by Crippen LogP contribution is 2.15. The van der Waals surface area contributed by atoms with Gasteiger partial charge in [0.05, 0.1) is 0 Å². The van der Waals surface area contributed by atoms with Crippen LogP contribution in [0.15, 0.2) is 24.3 Å². The number of nitrogens with zero attached hydrogens (tertiary/aromatic N) is 4. The third-order valence-corrected chi connectivity index (χ3v) is 3.45. The zero-order valence-electron chi connectivity index (χ0n) is 14.8. The topological polar surface area (TPSA) is 83.0 Å². The molecule has 2 aromatic rings. The molecule has 1 aromatic carbocycles. The number of nitrogens with one attached hydrogen (secondary N) is 2. The molecule has 0 radical (unpaired) electrons. The van der Waals surface area contributed by atoms with Crippen molar-refractivity contribution in [3.05, 3.63) is 41.2 Å². The van der Waals surface area contributed by atoms with Crippen LogP contribution in [0, 0.1) is 0 Å². The molecule has 0 unspecified atom stereocenters. The summed E-state index contributed by atoms with van der Waals surface area (Å²) in [7, 11) is 5.43. The van der Waals surface area contributed by atoms with Crippen molar-refractivity contribution < 1.29 is 4.79 Å². The number of aromatic nitrogens is 3. The van der Waals surface area contributed by atoms with E-state index in [1.807, 2.05) is 31.1 Å². The lowest BCUT2D eigenvalue weighted by atomic mass is 10.1. The van der Waals surface area contributed by atoms with E-state index in [1.54, 1.807) is 19.2 Å². The molecule has 0 bridgehead atoms. The van der Waals surface area contributed by atoms with E-state index in [4.69, 9.17) is 0 Å². The van der Waals surface area contributed by atoms with Crippen molar-refractivity contribution >= 4 is 17.8 Å². The number of amides is 1. The number of anilines is 2. The minimum Gasteiger partial charge on any atom is -0.355 e. The van der Waals surface area contributed by atoms with E-state index >= 15 is 0 Å². The fourth-order valence-corrected chi connectivity index (χ4v) is 2.02. The largest absolute Gasteiger partial charge is 0.355 e. The molecule has 1 heterocycles. The predicted molar refractivity (Wildman–Crippen MR) is 95.4 cm³/mol. The molecule has 0 spiro atoms. The maximum absolute atomic E-state index is 11.5. The van der Waals surface area contributed by atoms with Crippen molar-refractivity contribution in [3.63, 3.8) is 0 Å². The first kappa shape index (κ1) is 17.7. The van der Waals surface area contributed by atoms with Crippen molar-refractivity contribution in [2.24, 2.45) is 0 Å². The molecule has 0 saturated carbocycles. The Bertz CT molecular complexity index is 670. The van der Waals surface area contributed by atoms with Gasteiger partial charge < -0.3 is 15.5 Å². The van der Waals surface area contributed by atoms with E-state index in [0.717, 1.165) is 11.4 Å². The fraction of sp³-hybridized carbons (Fsp3) is 0.412. The summed E-state index contributed by atoms with van der Waals surface area (Å²) < 4.78 is 0. The first-order valence-corrected chi connectivity index (χ1v) is 7.89. The van der Waals surface area contributed by atoms with Crippen LogP contribution in [0.1, 0.15) is 41.5 Å². The van der Waals surface area contributed by atoms with Gasteiger partial charge in [-0.2, -0.15) is 15.0 Å². The van der Waals surface area contributed by atoms with Gasteiger partial charge in [0.15, 0.2) is 0 Å². The van der Waals surface area contributed by atoms with Crippen LogP contribution >= 0.6 is 0 Å². The molecule has 7 nitrogen and oxygen atoms in total. The van der Waals surface area contributed by atoms with Crippen molar-refractivity contribution in [1.82, 2.24) is 20.3 Å². The van der Waals surface area contributed by atoms with Gasteiger partial charge in [0.1, 0.15) is 5.82 Å². The third kappa shape index (κ3) is 4.41. The molecule has 0 aliphatic carbocycles. The monoisotopic (exact) mass is 328 g/mol. The molecular weight excluding hydrogens is 304 g/mol. The molecule has 24 heavy (non-hydrogen) atoms. The van der Waals surface area contributed by atoms with Gasteiger partial charge in [-0.15, -0.1) is 0 Å². The number of rotatable bonds is 6. The van der Waals surface area contributed by atoms with Crippen LogP contribution in [0.4, 0.5) is 11.9 Å². The number of carbonyl (C=O) groups excluding carboxylic acids is 1. The van der Waals surface area contributed by atoms with E-state index < -0.39 is 0 Å². The lowest BCUT2D eigenvalue weighted by molar-refractivity contribution is 0.0963. The third-order valence-electron chi connectivity index (χ3n) is 3.45. The van der Waals surface area contributed by atoms with Crippen LogP contribution in [-0.4, -0.2) is 42.0 Å². The predicted octanol–water partition coefficient (Wildman–Crippen LogP) is 2.03. The Balaban J connectivity index is 2.12. The minimum absolute atomic E-state index is 0.0934. The molecular formula is C17H24N6O. The van der Waals surface area contributed by atoms with Crippen LogP contribution in [0.2, 0.25) is 0 Å². The van der Waals surface area contributed by atoms with E-state index in [0.29, 0.717) is 24.0 Å². The van der Waals surface area contributed by atoms with Gasteiger partial charge in [-0.1, -0.05) is 26.0 Å². The molecule has 0 aliphatic heterocycles. The van der Waals surface area contributed by atoms with Crippen molar-refractivity contribution in [2.45, 2.75) is 26.3 Å². The van der Waals surface area contributed by atoms with Crippen LogP contribution in [0.3, 0.4) is 0 Å². The zero-order chi connectivity index (χ0) is 17.7. The summed E-state index contributed by atoms with van der Waals surface area (Å²) in [6.07, 6.45) is 0. The van der Waals surface area contributed by atoms with E-state index in [-0.39, 0.29) is 11.8 Å². The van der Waals surface area contributed by atoms with Gasteiger partial charge in [-0.3, -0.25) is 4.79 Å².